The minimum absolute atomic E-state index is 0.568. The minimum Gasteiger partial charge on any atom is -0.330 e. The summed E-state index contributed by atoms with van der Waals surface area (Å²) in [6, 6.07) is 0. The highest BCUT2D eigenvalue weighted by atomic mass is 15.1. The van der Waals surface area contributed by atoms with Gasteiger partial charge in [0.25, 0.3) is 0 Å². The first-order chi connectivity index (χ1) is 7.02. The second kappa shape index (κ2) is 4.06. The molecule has 0 radical (unpaired) electrons. The van der Waals surface area contributed by atoms with Crippen molar-refractivity contribution in [2.45, 2.75) is 33.1 Å². The van der Waals surface area contributed by atoms with E-state index < -0.39 is 0 Å². The molecule has 1 aliphatic heterocycles. The number of likely N-dealkylation sites (tertiary alicyclic amines) is 1. The van der Waals surface area contributed by atoms with Crippen LogP contribution >= 0.6 is 0 Å². The van der Waals surface area contributed by atoms with Crippen molar-refractivity contribution in [1.29, 1.82) is 0 Å². The van der Waals surface area contributed by atoms with Crippen molar-refractivity contribution in [2.75, 3.05) is 26.7 Å². The fourth-order valence-corrected chi connectivity index (χ4v) is 3.84. The van der Waals surface area contributed by atoms with E-state index in [-0.39, 0.29) is 0 Å². The zero-order chi connectivity index (χ0) is 11.1. The Morgan fingerprint density at radius 2 is 2.07 bits per heavy atom. The number of nitrogens with zero attached hydrogens (tertiary/aromatic N) is 1. The summed E-state index contributed by atoms with van der Waals surface area (Å²) >= 11 is 0. The van der Waals surface area contributed by atoms with Crippen LogP contribution < -0.4 is 5.73 Å². The van der Waals surface area contributed by atoms with Crippen LogP contribution in [0.5, 0.6) is 0 Å². The van der Waals surface area contributed by atoms with Gasteiger partial charge in [0.1, 0.15) is 0 Å². The van der Waals surface area contributed by atoms with Gasteiger partial charge >= 0.3 is 0 Å². The molecule has 2 rings (SSSR count). The highest BCUT2D eigenvalue weighted by Crippen LogP contribution is 2.46. The van der Waals surface area contributed by atoms with Crippen molar-refractivity contribution in [3.63, 3.8) is 0 Å². The van der Waals surface area contributed by atoms with Gasteiger partial charge in [-0.05, 0) is 56.0 Å². The first-order valence-electron chi connectivity index (χ1n) is 6.40. The lowest BCUT2D eigenvalue weighted by Gasteiger charge is -2.49. The summed E-state index contributed by atoms with van der Waals surface area (Å²) in [7, 11) is 2.25. The molecule has 0 amide bonds. The Kier molecular flexibility index (Phi) is 3.09. The van der Waals surface area contributed by atoms with Crippen molar-refractivity contribution >= 4 is 0 Å². The van der Waals surface area contributed by atoms with Gasteiger partial charge in [0.2, 0.25) is 0 Å². The molecule has 2 heteroatoms. The molecular formula is C13H26N2. The first-order valence-corrected chi connectivity index (χ1v) is 6.40. The molecule has 0 spiro atoms. The SMILES string of the molecule is CN1CC(CN)C2CCC(C)(C)CC2C1. The lowest BCUT2D eigenvalue weighted by Crippen LogP contribution is -2.50. The van der Waals surface area contributed by atoms with E-state index in [4.69, 9.17) is 5.73 Å². The molecule has 1 saturated heterocycles. The van der Waals surface area contributed by atoms with Crippen LogP contribution in [0.2, 0.25) is 0 Å². The molecule has 0 bridgehead atoms. The standard InChI is InChI=1S/C13H26N2/c1-13(2)5-4-12-10(6-13)8-15(3)9-11(12)7-14/h10-12H,4-9,14H2,1-3H3. The lowest BCUT2D eigenvalue weighted by atomic mass is 9.62. The van der Waals surface area contributed by atoms with Gasteiger partial charge in [-0.25, -0.2) is 0 Å². The van der Waals surface area contributed by atoms with Crippen LogP contribution in [0, 0.1) is 23.2 Å². The van der Waals surface area contributed by atoms with E-state index in [9.17, 15) is 0 Å². The maximum Gasteiger partial charge on any atom is 0.00216 e. The van der Waals surface area contributed by atoms with E-state index in [0.29, 0.717) is 5.41 Å². The third-order valence-corrected chi connectivity index (χ3v) is 4.58. The van der Waals surface area contributed by atoms with Gasteiger partial charge in [0.05, 0.1) is 0 Å². The highest BCUT2D eigenvalue weighted by molar-refractivity contribution is 4.93. The van der Waals surface area contributed by atoms with Gasteiger partial charge in [-0.15, -0.1) is 0 Å². The minimum atomic E-state index is 0.568. The van der Waals surface area contributed by atoms with Crippen LogP contribution in [-0.2, 0) is 0 Å². The van der Waals surface area contributed by atoms with Crippen LogP contribution in [0.1, 0.15) is 33.1 Å². The van der Waals surface area contributed by atoms with Crippen molar-refractivity contribution in [1.82, 2.24) is 4.90 Å². The van der Waals surface area contributed by atoms with Gasteiger partial charge in [0, 0.05) is 13.1 Å². The van der Waals surface area contributed by atoms with Gasteiger partial charge in [-0.3, -0.25) is 0 Å². The molecule has 0 aromatic heterocycles. The fourth-order valence-electron chi connectivity index (χ4n) is 3.84. The van der Waals surface area contributed by atoms with Gasteiger partial charge < -0.3 is 10.6 Å². The summed E-state index contributed by atoms with van der Waals surface area (Å²) in [5.41, 5.74) is 6.48. The number of rotatable bonds is 1. The Morgan fingerprint density at radius 3 is 2.73 bits per heavy atom. The summed E-state index contributed by atoms with van der Waals surface area (Å²) in [5, 5.41) is 0. The van der Waals surface area contributed by atoms with Crippen LogP contribution in [0.25, 0.3) is 0 Å². The van der Waals surface area contributed by atoms with Gasteiger partial charge in [-0.1, -0.05) is 13.8 Å². The predicted molar refractivity (Wildman–Crippen MR) is 64.7 cm³/mol. The molecule has 2 fully saturated rings. The molecule has 3 atom stereocenters. The summed E-state index contributed by atoms with van der Waals surface area (Å²) in [4.78, 5) is 2.49. The molecule has 2 N–H and O–H groups in total. The Labute approximate surface area is 94.2 Å². The Bertz CT molecular complexity index is 225. The van der Waals surface area contributed by atoms with Gasteiger partial charge in [-0.2, -0.15) is 0 Å². The summed E-state index contributed by atoms with van der Waals surface area (Å²) in [6.45, 7) is 8.25. The Balaban J connectivity index is 2.07. The fraction of sp³-hybridized carbons (Fsp3) is 1.00. The average molecular weight is 210 g/mol. The lowest BCUT2D eigenvalue weighted by molar-refractivity contribution is 0.00862. The van der Waals surface area contributed by atoms with Crippen LogP contribution in [0.3, 0.4) is 0 Å². The second-order valence-electron chi connectivity index (χ2n) is 6.55. The number of nitrogens with two attached hydrogens (primary N) is 1. The molecule has 1 heterocycles. The van der Waals surface area contributed by atoms with E-state index in [1.807, 2.05) is 0 Å². The van der Waals surface area contributed by atoms with Crippen LogP contribution in [0.4, 0.5) is 0 Å². The molecule has 0 aromatic carbocycles. The summed E-state index contributed by atoms with van der Waals surface area (Å²) < 4.78 is 0. The van der Waals surface area contributed by atoms with Crippen molar-refractivity contribution in [2.24, 2.45) is 28.9 Å². The van der Waals surface area contributed by atoms with E-state index in [2.05, 4.69) is 25.8 Å². The van der Waals surface area contributed by atoms with Crippen molar-refractivity contribution in [3.05, 3.63) is 0 Å². The smallest absolute Gasteiger partial charge is 0.00216 e. The molecule has 2 nitrogen and oxygen atoms in total. The molecule has 88 valence electrons. The normalized spacial score (nSPS) is 41.2. The number of hydrogen-bond acceptors (Lipinski definition) is 2. The number of hydrogen-bond donors (Lipinski definition) is 1. The maximum atomic E-state index is 5.91. The van der Waals surface area contributed by atoms with Crippen LogP contribution in [0.15, 0.2) is 0 Å². The molecule has 3 unspecified atom stereocenters. The maximum absolute atomic E-state index is 5.91. The summed E-state index contributed by atoms with van der Waals surface area (Å²) in [5.74, 6) is 2.57. The van der Waals surface area contributed by atoms with E-state index in [1.54, 1.807) is 0 Å². The Morgan fingerprint density at radius 1 is 1.33 bits per heavy atom. The zero-order valence-electron chi connectivity index (χ0n) is 10.5. The molecular weight excluding hydrogens is 184 g/mol. The monoisotopic (exact) mass is 210 g/mol. The van der Waals surface area contributed by atoms with E-state index in [1.165, 1.54) is 32.4 Å². The van der Waals surface area contributed by atoms with Crippen molar-refractivity contribution < 1.29 is 0 Å². The largest absolute Gasteiger partial charge is 0.330 e. The summed E-state index contributed by atoms with van der Waals surface area (Å²) in [6.07, 6.45) is 4.21. The quantitative estimate of drug-likeness (QED) is 0.717. The number of fused-ring (bicyclic) bond motifs is 1. The predicted octanol–water partition coefficient (Wildman–Crippen LogP) is 1.95. The molecule has 15 heavy (non-hydrogen) atoms. The number of piperidine rings is 1. The average Bonchev–Trinajstić information content (AvgIpc) is 2.14. The topological polar surface area (TPSA) is 29.3 Å². The van der Waals surface area contributed by atoms with Gasteiger partial charge in [0.15, 0.2) is 0 Å². The molecule has 1 aliphatic carbocycles. The molecule has 2 aliphatic rings. The third-order valence-electron chi connectivity index (χ3n) is 4.58. The first kappa shape index (κ1) is 11.4. The molecule has 1 saturated carbocycles. The Hall–Kier alpha value is -0.0800. The van der Waals surface area contributed by atoms with Crippen molar-refractivity contribution in [3.8, 4) is 0 Å². The third kappa shape index (κ3) is 2.36. The highest BCUT2D eigenvalue weighted by Gasteiger charge is 2.41. The second-order valence-corrected chi connectivity index (χ2v) is 6.55. The molecule has 0 aromatic rings. The van der Waals surface area contributed by atoms with Crippen LogP contribution in [-0.4, -0.2) is 31.6 Å². The zero-order valence-corrected chi connectivity index (χ0v) is 10.5. The van der Waals surface area contributed by atoms with E-state index in [0.717, 1.165) is 24.3 Å². The van der Waals surface area contributed by atoms with E-state index >= 15 is 0 Å².